The van der Waals surface area contributed by atoms with Gasteiger partial charge in [0.05, 0.1) is 74.6 Å². The number of hydrogen-bond acceptors (Lipinski definition) is 6. The highest BCUT2D eigenvalue weighted by atomic mass is 32.2. The van der Waals surface area contributed by atoms with E-state index < -0.39 is 20.2 Å². The fourth-order valence-electron chi connectivity index (χ4n) is 6.23. The van der Waals surface area contributed by atoms with Gasteiger partial charge in [-0.25, -0.2) is 16.8 Å². The first-order valence-electron chi connectivity index (χ1n) is 14.6. The molecule has 0 unspecified atom stereocenters. The largest absolute Gasteiger partial charge is 0.748 e. The fourth-order valence-corrected chi connectivity index (χ4v) is 7.35. The van der Waals surface area contributed by atoms with Crippen LogP contribution in [0.5, 0.6) is 0 Å². The number of rotatable bonds is 16. The van der Waals surface area contributed by atoms with E-state index in [0.717, 1.165) is 48.0 Å². The van der Waals surface area contributed by atoms with Gasteiger partial charge in [0.2, 0.25) is 0 Å². The maximum Gasteiger partial charge on any atom is 0.0945 e. The minimum atomic E-state index is -4.19. The maximum atomic E-state index is 11.1. The zero-order valence-corrected chi connectivity index (χ0v) is 27.2. The van der Waals surface area contributed by atoms with Gasteiger partial charge < -0.3 is 18.1 Å². The van der Waals surface area contributed by atoms with Crippen molar-refractivity contribution in [2.45, 2.75) is 57.8 Å². The van der Waals surface area contributed by atoms with Crippen LogP contribution in [0.1, 0.15) is 60.8 Å². The molecule has 3 rings (SSSR count). The topological polar surface area (TPSA) is 114 Å². The molecule has 0 saturated carbocycles. The Hall–Kier alpha value is -1.82. The third-order valence-electron chi connectivity index (χ3n) is 8.77. The Morgan fingerprint density at radius 1 is 0.610 bits per heavy atom. The van der Waals surface area contributed by atoms with Crippen molar-refractivity contribution >= 4 is 20.2 Å². The van der Waals surface area contributed by atoms with Crippen LogP contribution in [-0.4, -0.2) is 101 Å². The van der Waals surface area contributed by atoms with E-state index in [1.165, 1.54) is 33.4 Å². The number of fused-ring (bicyclic) bond motifs is 3. The predicted octanol–water partition coefficient (Wildman–Crippen LogP) is 4.15. The van der Waals surface area contributed by atoms with Crippen LogP contribution in [0.4, 0.5) is 0 Å². The quantitative estimate of drug-likeness (QED) is 0.161. The summed E-state index contributed by atoms with van der Waals surface area (Å²) in [7, 11) is 0.307. The Labute approximate surface area is 248 Å². The van der Waals surface area contributed by atoms with Gasteiger partial charge in [-0.15, -0.1) is 0 Å². The van der Waals surface area contributed by atoms with Crippen molar-refractivity contribution in [3.05, 3.63) is 58.7 Å². The first-order valence-corrected chi connectivity index (χ1v) is 17.7. The lowest BCUT2D eigenvalue weighted by atomic mass is 9.71. The summed E-state index contributed by atoms with van der Waals surface area (Å²) >= 11 is 0. The average Bonchev–Trinajstić information content (AvgIpc) is 3.10. The summed E-state index contributed by atoms with van der Waals surface area (Å²) in [6.07, 6.45) is 3.94. The number of unbranched alkanes of at least 4 members (excludes halogenated alkanes) is 2. The van der Waals surface area contributed by atoms with E-state index in [0.29, 0.717) is 25.7 Å². The molecule has 1 aliphatic rings. The molecule has 0 saturated heterocycles. The van der Waals surface area contributed by atoms with Crippen molar-refractivity contribution in [3.8, 4) is 11.1 Å². The number of nitrogens with zero attached hydrogens (tertiary/aromatic N) is 2. The highest BCUT2D eigenvalue weighted by Crippen LogP contribution is 2.53. The third-order valence-corrected chi connectivity index (χ3v) is 10.4. The van der Waals surface area contributed by atoms with Crippen molar-refractivity contribution in [3.63, 3.8) is 0 Å². The summed E-state index contributed by atoms with van der Waals surface area (Å²) in [5.74, 6) is -0.631. The number of benzene rings is 2. The van der Waals surface area contributed by atoms with Crippen LogP contribution < -0.4 is 0 Å². The molecule has 0 fully saturated rings. The summed E-state index contributed by atoms with van der Waals surface area (Å²) in [5, 5.41) is 0. The SMILES string of the molecule is Cc1ccc2c(c1)C(CC[N+](C)(C)CCCCS(=O)(=O)[O-])(CC[N+](C)(C)CCCCS(=O)(=O)[O-])c1cc(C)ccc1-2. The second kappa shape index (κ2) is 12.8. The van der Waals surface area contributed by atoms with E-state index in [-0.39, 0.29) is 16.9 Å². The van der Waals surface area contributed by atoms with Gasteiger partial charge in [-0.3, -0.25) is 0 Å². The molecule has 0 amide bonds. The summed E-state index contributed by atoms with van der Waals surface area (Å²) in [5.41, 5.74) is 7.51. The van der Waals surface area contributed by atoms with Crippen molar-refractivity contribution in [2.24, 2.45) is 0 Å². The molecule has 0 bridgehead atoms. The monoisotopic (exact) mass is 608 g/mol. The fraction of sp³-hybridized carbons (Fsp3) is 0.613. The van der Waals surface area contributed by atoms with Gasteiger partial charge >= 0.3 is 0 Å². The third kappa shape index (κ3) is 9.59. The Bertz CT molecular complexity index is 1320. The molecule has 0 aliphatic heterocycles. The van der Waals surface area contributed by atoms with E-state index in [9.17, 15) is 25.9 Å². The van der Waals surface area contributed by atoms with Gasteiger partial charge in [-0.2, -0.15) is 0 Å². The van der Waals surface area contributed by atoms with E-state index >= 15 is 0 Å². The number of hydrogen-bond donors (Lipinski definition) is 0. The summed E-state index contributed by atoms with van der Waals surface area (Å²) in [6, 6.07) is 13.5. The molecule has 2 aromatic rings. The first kappa shape index (κ1) is 33.7. The second-order valence-corrected chi connectivity index (χ2v) is 16.4. The minimum Gasteiger partial charge on any atom is -0.748 e. The summed E-state index contributed by atoms with van der Waals surface area (Å²) in [6.45, 7) is 7.62. The maximum absolute atomic E-state index is 11.1. The molecular weight excluding hydrogens is 560 g/mol. The second-order valence-electron chi connectivity index (χ2n) is 13.4. The zero-order chi connectivity index (χ0) is 30.7. The summed E-state index contributed by atoms with van der Waals surface area (Å²) in [4.78, 5) is 0. The van der Waals surface area contributed by atoms with Crippen molar-refractivity contribution in [2.75, 3.05) is 65.9 Å². The molecule has 41 heavy (non-hydrogen) atoms. The molecule has 0 aromatic heterocycles. The van der Waals surface area contributed by atoms with Crippen LogP contribution in [0.25, 0.3) is 11.1 Å². The molecule has 8 nitrogen and oxygen atoms in total. The molecule has 0 radical (unpaired) electrons. The molecule has 0 atom stereocenters. The van der Waals surface area contributed by atoms with Gasteiger partial charge in [0.25, 0.3) is 0 Å². The Balaban J connectivity index is 1.89. The smallest absolute Gasteiger partial charge is 0.0945 e. The molecule has 0 N–H and O–H groups in total. The zero-order valence-electron chi connectivity index (χ0n) is 25.6. The van der Waals surface area contributed by atoms with Gasteiger partial charge in [-0.05, 0) is 61.8 Å². The standard InChI is InChI=1S/C31H48N2O6S2/c1-25-11-13-27-28-14-12-26(2)24-30(28)31(29(27)23-25,15-19-32(3,4)17-7-9-21-40(34,35)36)16-20-33(5,6)18-8-10-22-41(37,38)39/h11-14,23-24H,7-10,15-22H2,1-6H3. The van der Waals surface area contributed by atoms with Crippen LogP contribution >= 0.6 is 0 Å². The Morgan fingerprint density at radius 3 is 1.32 bits per heavy atom. The van der Waals surface area contributed by atoms with Crippen LogP contribution in [0.3, 0.4) is 0 Å². The lowest BCUT2D eigenvalue weighted by Crippen LogP contribution is -2.47. The van der Waals surface area contributed by atoms with E-state index in [4.69, 9.17) is 0 Å². The Kier molecular flexibility index (Phi) is 10.5. The first-order chi connectivity index (χ1) is 18.8. The van der Waals surface area contributed by atoms with Gasteiger partial charge in [0.1, 0.15) is 0 Å². The normalized spacial score (nSPS) is 15.1. The number of aryl methyl sites for hydroxylation is 2. The molecular formula is C31H48N2O6S2. The van der Waals surface area contributed by atoms with Crippen LogP contribution in [0.15, 0.2) is 36.4 Å². The van der Waals surface area contributed by atoms with Crippen LogP contribution in [0.2, 0.25) is 0 Å². The van der Waals surface area contributed by atoms with Crippen LogP contribution in [0, 0.1) is 13.8 Å². The van der Waals surface area contributed by atoms with Gasteiger partial charge in [0, 0.05) is 29.8 Å². The van der Waals surface area contributed by atoms with Crippen molar-refractivity contribution in [1.82, 2.24) is 0 Å². The predicted molar refractivity (Wildman–Crippen MR) is 163 cm³/mol. The van der Waals surface area contributed by atoms with Crippen molar-refractivity contribution in [1.29, 1.82) is 0 Å². The molecule has 1 aliphatic carbocycles. The van der Waals surface area contributed by atoms with E-state index in [2.05, 4.69) is 78.4 Å². The van der Waals surface area contributed by atoms with Gasteiger partial charge in [-0.1, -0.05) is 47.5 Å². The van der Waals surface area contributed by atoms with E-state index in [1.54, 1.807) is 0 Å². The molecule has 0 spiro atoms. The molecule has 2 aromatic carbocycles. The lowest BCUT2D eigenvalue weighted by Gasteiger charge is -2.40. The minimum absolute atomic E-state index is 0.204. The number of quaternary nitrogens is 2. The lowest BCUT2D eigenvalue weighted by molar-refractivity contribution is -0.893. The van der Waals surface area contributed by atoms with E-state index in [1.807, 2.05) is 0 Å². The molecule has 10 heteroatoms. The molecule has 230 valence electrons. The Morgan fingerprint density at radius 2 is 0.976 bits per heavy atom. The summed E-state index contributed by atoms with van der Waals surface area (Å²) < 4.78 is 67.8. The average molecular weight is 609 g/mol. The van der Waals surface area contributed by atoms with Crippen LogP contribution in [-0.2, 0) is 25.7 Å². The van der Waals surface area contributed by atoms with Crippen molar-refractivity contribution < 1.29 is 34.9 Å². The highest BCUT2D eigenvalue weighted by Gasteiger charge is 2.45. The highest BCUT2D eigenvalue weighted by molar-refractivity contribution is 7.85. The van der Waals surface area contributed by atoms with Gasteiger partial charge in [0.15, 0.2) is 0 Å². The molecule has 0 heterocycles.